The van der Waals surface area contributed by atoms with E-state index >= 15 is 8.78 Å². The number of halogens is 2. The molecular weight excluding hydrogens is 641 g/mol. The van der Waals surface area contributed by atoms with Gasteiger partial charge >= 0.3 is 10.3 Å². The van der Waals surface area contributed by atoms with Crippen molar-refractivity contribution in [3.8, 4) is 0 Å². The average molecular weight is 663 g/mol. The van der Waals surface area contributed by atoms with Gasteiger partial charge in [-0.05, 0) is 0 Å². The minimum Gasteiger partial charge on any atom is -0.382 e. The molecule has 7 heterocycles. The second-order valence-electron chi connectivity index (χ2n) is 9.87. The van der Waals surface area contributed by atoms with Crippen molar-refractivity contribution >= 4 is 57.3 Å². The Balaban J connectivity index is 1.20. The van der Waals surface area contributed by atoms with E-state index in [-0.39, 0.29) is 28.1 Å². The summed E-state index contributed by atoms with van der Waals surface area (Å²) in [5, 5.41) is 0. The molecule has 4 aromatic rings. The maximum atomic E-state index is 16.1. The van der Waals surface area contributed by atoms with Crippen LogP contribution in [0.15, 0.2) is 30.1 Å². The zero-order valence-corrected chi connectivity index (χ0v) is 24.0. The van der Waals surface area contributed by atoms with Gasteiger partial charge in [0.05, 0.1) is 31.7 Å². The Morgan fingerprint density at radius 2 is 1.67 bits per heavy atom. The van der Waals surface area contributed by atoms with Gasteiger partial charge in [0.15, 0.2) is 47.4 Å². The first kappa shape index (κ1) is 28.6. The molecule has 9 atom stereocenters. The predicted molar refractivity (Wildman–Crippen MR) is 144 cm³/mol. The topological polar surface area (TPSA) is 233 Å². The second kappa shape index (κ2) is 10.2. The number of nitrogens with one attached hydrogen (secondary N) is 2. The molecule has 4 N–H and O–H groups in total. The van der Waals surface area contributed by atoms with E-state index in [0.29, 0.717) is 0 Å². The van der Waals surface area contributed by atoms with Crippen LogP contribution in [0.1, 0.15) is 12.5 Å². The fraction of sp³-hybridized carbons (Fsp3) is 0.500. The van der Waals surface area contributed by atoms with Crippen LogP contribution in [0.5, 0.6) is 0 Å². The molecule has 0 unspecified atom stereocenters. The van der Waals surface area contributed by atoms with Crippen LogP contribution in [0.3, 0.4) is 0 Å². The van der Waals surface area contributed by atoms with E-state index in [1.807, 2.05) is 0 Å². The molecule has 3 fully saturated rings. The van der Waals surface area contributed by atoms with Gasteiger partial charge < -0.3 is 24.7 Å². The summed E-state index contributed by atoms with van der Waals surface area (Å²) < 4.78 is 98.3. The summed E-state index contributed by atoms with van der Waals surface area (Å²) in [5.41, 5.74) is 3.71. The van der Waals surface area contributed by atoms with Crippen LogP contribution in [-0.2, 0) is 33.0 Å². The van der Waals surface area contributed by atoms with Gasteiger partial charge in [-0.1, -0.05) is 12.2 Å². The Labute approximate surface area is 244 Å². The van der Waals surface area contributed by atoms with Gasteiger partial charge in [-0.3, -0.25) is 18.5 Å². The molecule has 3 aliphatic heterocycles. The van der Waals surface area contributed by atoms with Gasteiger partial charge in [0, 0.05) is 6.54 Å². The third-order valence-corrected chi connectivity index (χ3v) is 11.4. The molecule has 18 nitrogen and oxygen atoms in total. The lowest BCUT2D eigenvalue weighted by Crippen LogP contribution is -2.42. The van der Waals surface area contributed by atoms with Crippen LogP contribution in [0.4, 0.5) is 14.6 Å². The van der Waals surface area contributed by atoms with Crippen molar-refractivity contribution in [3.63, 3.8) is 0 Å². The van der Waals surface area contributed by atoms with E-state index in [4.69, 9.17) is 23.9 Å². The average Bonchev–Trinajstić information content (AvgIpc) is 3.71. The number of imidazole rings is 2. The number of hydrogen-bond acceptors (Lipinski definition) is 14. The van der Waals surface area contributed by atoms with Gasteiger partial charge in [0.25, 0.3) is 12.1 Å². The first-order valence-electron chi connectivity index (χ1n) is 12.5. The maximum Gasteiger partial charge on any atom is 0.336 e. The van der Waals surface area contributed by atoms with Crippen LogP contribution in [0, 0.1) is 0 Å². The number of nitrogens with two attached hydrogens (primary N) is 1. The molecule has 0 amide bonds. The van der Waals surface area contributed by atoms with Crippen molar-refractivity contribution in [3.05, 3.63) is 35.7 Å². The number of anilines is 1. The molecule has 0 saturated carbocycles. The molecule has 0 aromatic carbocycles. The summed E-state index contributed by atoms with van der Waals surface area (Å²) in [5.74, 6) is 0.0217. The summed E-state index contributed by atoms with van der Waals surface area (Å²) in [6.45, 7) is -5.66. The molecular formula is C20H21F2N10O8PS2. The molecule has 0 bridgehead atoms. The Morgan fingerprint density at radius 3 is 2.44 bits per heavy atom. The smallest absolute Gasteiger partial charge is 0.336 e. The number of aromatic amines is 1. The quantitative estimate of drug-likeness (QED) is 0.160. The van der Waals surface area contributed by atoms with E-state index in [1.54, 1.807) is 0 Å². The lowest BCUT2D eigenvalue weighted by atomic mass is 10.1. The van der Waals surface area contributed by atoms with E-state index < -0.39 is 84.4 Å². The lowest BCUT2D eigenvalue weighted by molar-refractivity contribution is -0.0379. The second-order valence-corrected chi connectivity index (χ2v) is 14.9. The molecule has 0 radical (unpaired) electrons. The van der Waals surface area contributed by atoms with Gasteiger partial charge in [0.1, 0.15) is 29.7 Å². The van der Waals surface area contributed by atoms with Crippen molar-refractivity contribution in [2.45, 2.75) is 48.8 Å². The maximum absolute atomic E-state index is 16.1. The van der Waals surface area contributed by atoms with E-state index in [0.717, 1.165) is 23.5 Å². The van der Waals surface area contributed by atoms with Crippen LogP contribution in [0.2, 0.25) is 0 Å². The number of ether oxygens (including phenoxy) is 2. The van der Waals surface area contributed by atoms with Crippen LogP contribution in [0.25, 0.3) is 22.3 Å². The van der Waals surface area contributed by atoms with E-state index in [9.17, 15) is 17.8 Å². The van der Waals surface area contributed by atoms with E-state index in [2.05, 4.69) is 46.9 Å². The molecule has 7 rings (SSSR count). The normalized spacial score (nSPS) is 36.3. The molecule has 3 aliphatic rings. The molecule has 230 valence electrons. The van der Waals surface area contributed by atoms with Crippen LogP contribution in [-0.4, -0.2) is 96.9 Å². The van der Waals surface area contributed by atoms with Crippen molar-refractivity contribution in [1.29, 1.82) is 0 Å². The van der Waals surface area contributed by atoms with Crippen LogP contribution >= 0.6 is 18.8 Å². The van der Waals surface area contributed by atoms with Crippen molar-refractivity contribution in [2.24, 2.45) is 0 Å². The Kier molecular flexibility index (Phi) is 6.81. The highest BCUT2D eigenvalue weighted by molar-refractivity contribution is 8.46. The van der Waals surface area contributed by atoms with Gasteiger partial charge in [-0.25, -0.2) is 37.9 Å². The first-order chi connectivity index (χ1) is 20.4. The number of thiol groups is 1. The number of aromatic nitrogens is 8. The summed E-state index contributed by atoms with van der Waals surface area (Å²) in [7, 11) is -4.72. The highest BCUT2D eigenvalue weighted by atomic mass is 32.7. The number of nitrogen functional groups attached to an aromatic ring is 1. The number of nitrogens with zero attached hydrogens (tertiary/aromatic N) is 7. The molecule has 0 spiro atoms. The number of fused-ring (bicyclic) bond motifs is 4. The fourth-order valence-corrected chi connectivity index (χ4v) is 9.01. The third kappa shape index (κ3) is 4.72. The zero-order valence-electron chi connectivity index (χ0n) is 21.4. The Bertz CT molecular complexity index is 1940. The third-order valence-electron chi connectivity index (χ3n) is 7.36. The molecule has 23 heteroatoms. The van der Waals surface area contributed by atoms with Gasteiger partial charge in [-0.15, -0.1) is 0 Å². The first-order valence-corrected chi connectivity index (χ1v) is 16.8. The molecule has 4 aromatic heterocycles. The minimum atomic E-state index is -4.72. The lowest BCUT2D eigenvalue weighted by Gasteiger charge is -2.25. The van der Waals surface area contributed by atoms with Crippen LogP contribution < -0.4 is 16.0 Å². The number of rotatable bonds is 2. The summed E-state index contributed by atoms with van der Waals surface area (Å²) in [4.78, 5) is 34.3. The Hall–Kier alpha value is -3.11. The summed E-state index contributed by atoms with van der Waals surface area (Å²) in [6.07, 6.45) is -7.43. The molecule has 43 heavy (non-hydrogen) atoms. The highest BCUT2D eigenvalue weighted by Crippen LogP contribution is 2.63. The van der Waals surface area contributed by atoms with Gasteiger partial charge in [0.2, 0.25) is 0 Å². The monoisotopic (exact) mass is 662 g/mol. The largest absolute Gasteiger partial charge is 0.382 e. The Morgan fingerprint density at radius 1 is 1.00 bits per heavy atom. The van der Waals surface area contributed by atoms with Crippen molar-refractivity contribution < 1.29 is 39.9 Å². The number of alkyl halides is 2. The summed E-state index contributed by atoms with van der Waals surface area (Å²) in [6, 6.07) is 0. The predicted octanol–water partition coefficient (Wildman–Crippen LogP) is -0.246. The standard InChI is InChI=1S/C20H21F2N10O8PS2/c21-9-13-8(39-19(9)31-5-28-11-15(23)24-3-25-16(11)31)2-37-41(34,42)14-7(1-30-43(35,36)40-13)38-20(10(14)22)32-6-29-12-17(32)26-4-27-18(12)33/h3-10,13-14,19-20,30H,1-2H2,(H,34,42)(H2,23,24,25)(H,26,27,33)/t7-,8-,9-,10-,13-,14-,19-,20+,41+/m1/s1. The number of hydrogen-bond donors (Lipinski definition) is 4. The highest BCUT2D eigenvalue weighted by Gasteiger charge is 2.57. The number of H-pyrrole nitrogens is 1. The van der Waals surface area contributed by atoms with Crippen molar-refractivity contribution in [2.75, 3.05) is 18.9 Å². The van der Waals surface area contributed by atoms with Gasteiger partial charge in [-0.2, -0.15) is 13.1 Å². The molecule has 0 aliphatic carbocycles. The van der Waals surface area contributed by atoms with Crippen molar-refractivity contribution in [1.82, 2.24) is 43.8 Å². The SMILES string of the molecule is Nc1ncnc2c1ncn2[C@@H]1O[C@@H]2CO[P@](=O)(S)[C@H]3[C@@H](F)[C@@H](n4cnc5c(=O)[nH]cnc54)O[C@@H]3CNS(=O)(=O)O[C@H]2[C@H]1F. The minimum absolute atomic E-state index is 0.0217. The zero-order chi connectivity index (χ0) is 30.3. The summed E-state index contributed by atoms with van der Waals surface area (Å²) >= 11 is 4.16. The fourth-order valence-electron chi connectivity index (χ4n) is 5.39. The van der Waals surface area contributed by atoms with E-state index in [1.165, 1.54) is 10.9 Å². The molecule has 3 saturated heterocycles.